The van der Waals surface area contributed by atoms with E-state index in [2.05, 4.69) is 46.4 Å². The van der Waals surface area contributed by atoms with E-state index < -0.39 is 0 Å². The van der Waals surface area contributed by atoms with E-state index in [-0.39, 0.29) is 0 Å². The van der Waals surface area contributed by atoms with Crippen LogP contribution in [0, 0.1) is 0 Å². The van der Waals surface area contributed by atoms with E-state index in [1.54, 1.807) is 0 Å². The van der Waals surface area contributed by atoms with Gasteiger partial charge in [-0.2, -0.15) is 0 Å². The minimum atomic E-state index is 0.307. The van der Waals surface area contributed by atoms with Crippen molar-refractivity contribution >= 4 is 15.9 Å². The Bertz CT molecular complexity index is 388. The smallest absolute Gasteiger partial charge is 0.124 e. The summed E-state index contributed by atoms with van der Waals surface area (Å²) in [6, 6.07) is 6.60. The lowest BCUT2D eigenvalue weighted by Gasteiger charge is -2.25. The standard InChI is InChI=1S/C15H22BrNO/c1-11(17-2)14-10-12(16)8-9-15(14)18-13-6-4-3-5-7-13/h8-11,13,17H,3-7H2,1-2H3. The van der Waals surface area contributed by atoms with Crippen LogP contribution in [0.1, 0.15) is 50.6 Å². The van der Waals surface area contributed by atoms with Crippen LogP contribution in [0.25, 0.3) is 0 Å². The molecule has 1 atom stereocenters. The molecular formula is C15H22BrNO. The van der Waals surface area contributed by atoms with Crippen molar-refractivity contribution in [1.82, 2.24) is 5.32 Å². The van der Waals surface area contributed by atoms with Gasteiger partial charge in [0.15, 0.2) is 0 Å². The van der Waals surface area contributed by atoms with Crippen LogP contribution in [0.15, 0.2) is 22.7 Å². The summed E-state index contributed by atoms with van der Waals surface area (Å²) in [5.41, 5.74) is 1.23. The SMILES string of the molecule is CNC(C)c1cc(Br)ccc1OC1CCCCC1. The summed E-state index contributed by atoms with van der Waals surface area (Å²) in [6.07, 6.45) is 6.77. The van der Waals surface area contributed by atoms with Gasteiger partial charge in [0.25, 0.3) is 0 Å². The van der Waals surface area contributed by atoms with E-state index >= 15 is 0 Å². The molecule has 1 unspecified atom stereocenters. The van der Waals surface area contributed by atoms with Crippen LogP contribution in [0.5, 0.6) is 5.75 Å². The maximum atomic E-state index is 6.20. The van der Waals surface area contributed by atoms with Gasteiger partial charge in [0.2, 0.25) is 0 Å². The largest absolute Gasteiger partial charge is 0.490 e. The molecule has 3 heteroatoms. The highest BCUT2D eigenvalue weighted by atomic mass is 79.9. The third kappa shape index (κ3) is 3.48. The summed E-state index contributed by atoms with van der Waals surface area (Å²) in [7, 11) is 1.98. The summed E-state index contributed by atoms with van der Waals surface area (Å²) in [4.78, 5) is 0. The molecule has 1 aliphatic carbocycles. The molecule has 0 aliphatic heterocycles. The second-order valence-corrected chi connectivity index (χ2v) is 5.99. The second kappa shape index (κ2) is 6.58. The van der Waals surface area contributed by atoms with Crippen LogP contribution < -0.4 is 10.1 Å². The van der Waals surface area contributed by atoms with Gasteiger partial charge in [-0.15, -0.1) is 0 Å². The Morgan fingerprint density at radius 1 is 1.28 bits per heavy atom. The molecule has 0 bridgehead atoms. The van der Waals surface area contributed by atoms with Gasteiger partial charge in [-0.05, 0) is 57.9 Å². The van der Waals surface area contributed by atoms with Crippen molar-refractivity contribution in [2.24, 2.45) is 0 Å². The molecule has 0 radical (unpaired) electrons. The van der Waals surface area contributed by atoms with Crippen LogP contribution in [-0.4, -0.2) is 13.2 Å². The van der Waals surface area contributed by atoms with Crippen LogP contribution in [0.4, 0.5) is 0 Å². The number of benzene rings is 1. The minimum absolute atomic E-state index is 0.307. The molecule has 0 saturated heterocycles. The van der Waals surface area contributed by atoms with E-state index in [4.69, 9.17) is 4.74 Å². The highest BCUT2D eigenvalue weighted by Gasteiger charge is 2.18. The fourth-order valence-electron chi connectivity index (χ4n) is 2.48. The van der Waals surface area contributed by atoms with Gasteiger partial charge in [-0.1, -0.05) is 22.4 Å². The number of halogens is 1. The second-order valence-electron chi connectivity index (χ2n) is 5.07. The number of hydrogen-bond acceptors (Lipinski definition) is 2. The molecule has 1 N–H and O–H groups in total. The molecule has 1 aromatic carbocycles. The molecule has 18 heavy (non-hydrogen) atoms. The predicted octanol–water partition coefficient (Wildman–Crippen LogP) is 4.44. The zero-order chi connectivity index (χ0) is 13.0. The Hall–Kier alpha value is -0.540. The molecule has 2 rings (SSSR count). The van der Waals surface area contributed by atoms with Crippen molar-refractivity contribution < 1.29 is 4.74 Å². The third-order valence-electron chi connectivity index (χ3n) is 3.72. The molecule has 1 saturated carbocycles. The zero-order valence-electron chi connectivity index (χ0n) is 11.2. The van der Waals surface area contributed by atoms with E-state index in [1.165, 1.54) is 37.7 Å². The van der Waals surface area contributed by atoms with Crippen molar-refractivity contribution in [3.8, 4) is 5.75 Å². The number of nitrogens with one attached hydrogen (secondary N) is 1. The molecule has 100 valence electrons. The van der Waals surface area contributed by atoms with Crippen LogP contribution in [-0.2, 0) is 0 Å². The molecular weight excluding hydrogens is 290 g/mol. The summed E-state index contributed by atoms with van der Waals surface area (Å²) < 4.78 is 7.31. The quantitative estimate of drug-likeness (QED) is 0.887. The van der Waals surface area contributed by atoms with E-state index in [9.17, 15) is 0 Å². The Kier molecular flexibility index (Phi) is 5.07. The first-order chi connectivity index (χ1) is 8.70. The van der Waals surface area contributed by atoms with Gasteiger partial charge in [0.05, 0.1) is 6.10 Å². The van der Waals surface area contributed by atoms with E-state index in [0.717, 1.165) is 10.2 Å². The lowest BCUT2D eigenvalue weighted by molar-refractivity contribution is 0.152. The van der Waals surface area contributed by atoms with Crippen molar-refractivity contribution in [2.75, 3.05) is 7.05 Å². The van der Waals surface area contributed by atoms with Gasteiger partial charge >= 0.3 is 0 Å². The van der Waals surface area contributed by atoms with Crippen molar-refractivity contribution in [3.63, 3.8) is 0 Å². The Morgan fingerprint density at radius 3 is 2.67 bits per heavy atom. The van der Waals surface area contributed by atoms with Gasteiger partial charge in [-0.25, -0.2) is 0 Å². The maximum absolute atomic E-state index is 6.20. The minimum Gasteiger partial charge on any atom is -0.490 e. The number of hydrogen-bond donors (Lipinski definition) is 1. The normalized spacial score (nSPS) is 18.6. The van der Waals surface area contributed by atoms with Gasteiger partial charge in [-0.3, -0.25) is 0 Å². The fraction of sp³-hybridized carbons (Fsp3) is 0.600. The molecule has 1 aromatic rings. The van der Waals surface area contributed by atoms with Crippen LogP contribution >= 0.6 is 15.9 Å². The summed E-state index contributed by atoms with van der Waals surface area (Å²) in [5, 5.41) is 3.29. The zero-order valence-corrected chi connectivity index (χ0v) is 12.8. The first-order valence-corrected chi connectivity index (χ1v) is 7.63. The summed E-state index contributed by atoms with van der Waals surface area (Å²) >= 11 is 3.54. The van der Waals surface area contributed by atoms with Crippen LogP contribution in [0.3, 0.4) is 0 Å². The summed E-state index contributed by atoms with van der Waals surface area (Å²) in [5.74, 6) is 1.03. The van der Waals surface area contributed by atoms with Crippen molar-refractivity contribution in [2.45, 2.75) is 51.2 Å². The van der Waals surface area contributed by atoms with Gasteiger partial charge in [0.1, 0.15) is 5.75 Å². The van der Waals surface area contributed by atoms with Crippen molar-refractivity contribution in [3.05, 3.63) is 28.2 Å². The maximum Gasteiger partial charge on any atom is 0.124 e. The van der Waals surface area contributed by atoms with Gasteiger partial charge in [0, 0.05) is 16.1 Å². The Balaban J connectivity index is 2.15. The lowest BCUT2D eigenvalue weighted by Crippen LogP contribution is -2.21. The third-order valence-corrected chi connectivity index (χ3v) is 4.21. The first kappa shape index (κ1) is 13.9. The van der Waals surface area contributed by atoms with E-state index in [1.807, 2.05) is 7.05 Å². The average molecular weight is 312 g/mol. The molecule has 1 fully saturated rings. The first-order valence-electron chi connectivity index (χ1n) is 6.84. The molecule has 0 heterocycles. The molecule has 0 amide bonds. The molecule has 0 spiro atoms. The fourth-order valence-corrected chi connectivity index (χ4v) is 2.86. The van der Waals surface area contributed by atoms with Crippen molar-refractivity contribution in [1.29, 1.82) is 0 Å². The Morgan fingerprint density at radius 2 is 2.00 bits per heavy atom. The molecule has 2 nitrogen and oxygen atoms in total. The highest BCUT2D eigenvalue weighted by molar-refractivity contribution is 9.10. The molecule has 1 aliphatic rings. The monoisotopic (exact) mass is 311 g/mol. The van der Waals surface area contributed by atoms with E-state index in [0.29, 0.717) is 12.1 Å². The predicted molar refractivity (Wildman–Crippen MR) is 79.1 cm³/mol. The topological polar surface area (TPSA) is 21.3 Å². The molecule has 0 aromatic heterocycles. The number of ether oxygens (including phenoxy) is 1. The highest BCUT2D eigenvalue weighted by Crippen LogP contribution is 2.31. The summed E-state index contributed by atoms with van der Waals surface area (Å²) in [6.45, 7) is 2.16. The van der Waals surface area contributed by atoms with Gasteiger partial charge < -0.3 is 10.1 Å². The Labute approximate surface area is 118 Å². The van der Waals surface area contributed by atoms with Crippen LogP contribution in [0.2, 0.25) is 0 Å². The number of rotatable bonds is 4. The lowest BCUT2D eigenvalue weighted by atomic mass is 9.97. The average Bonchev–Trinajstić information content (AvgIpc) is 2.41.